The van der Waals surface area contributed by atoms with E-state index in [9.17, 15) is 9.90 Å². The van der Waals surface area contributed by atoms with Gasteiger partial charge in [-0.1, -0.05) is 12.1 Å². The van der Waals surface area contributed by atoms with Crippen molar-refractivity contribution in [2.24, 2.45) is 5.73 Å². The van der Waals surface area contributed by atoms with E-state index in [1.54, 1.807) is 6.07 Å². The number of hydrogen-bond acceptors (Lipinski definition) is 5. The van der Waals surface area contributed by atoms with Gasteiger partial charge in [-0.2, -0.15) is 0 Å². The highest BCUT2D eigenvalue weighted by atomic mass is 35.5. The number of nitrogens with zero attached hydrogens (tertiary/aromatic N) is 2. The van der Waals surface area contributed by atoms with E-state index in [2.05, 4.69) is 15.3 Å². The van der Waals surface area contributed by atoms with Crippen molar-refractivity contribution in [1.82, 2.24) is 15.0 Å². The minimum Gasteiger partial charge on any atom is -0.478 e. The second kappa shape index (κ2) is 6.93. The normalized spacial score (nSPS) is 13.5. The molecule has 5 N–H and O–H groups in total. The molecule has 4 rings (SSSR count). The van der Waals surface area contributed by atoms with Gasteiger partial charge in [0.15, 0.2) is 0 Å². The van der Waals surface area contributed by atoms with E-state index in [4.69, 9.17) is 10.7 Å². The van der Waals surface area contributed by atoms with Crippen LogP contribution in [0.15, 0.2) is 24.3 Å². The summed E-state index contributed by atoms with van der Waals surface area (Å²) in [5.74, 6) is -0.215. The Bertz CT molecular complexity index is 981. The van der Waals surface area contributed by atoms with Gasteiger partial charge in [0.25, 0.3) is 0 Å². The van der Waals surface area contributed by atoms with Crippen molar-refractivity contribution in [1.29, 1.82) is 0 Å². The largest absolute Gasteiger partial charge is 0.478 e. The molecule has 0 amide bonds. The summed E-state index contributed by atoms with van der Waals surface area (Å²) in [6.45, 7) is 2.07. The highest BCUT2D eigenvalue weighted by Gasteiger charge is 2.23. The lowest BCUT2D eigenvalue weighted by molar-refractivity contribution is 0.0696. The van der Waals surface area contributed by atoms with Crippen molar-refractivity contribution >= 4 is 35.2 Å². The molecule has 2 heterocycles. The number of carbonyl (C=O) groups is 1. The molecule has 0 bridgehead atoms. The van der Waals surface area contributed by atoms with E-state index in [1.807, 2.05) is 25.1 Å². The molecule has 1 aliphatic rings. The number of aromatic nitrogens is 3. The summed E-state index contributed by atoms with van der Waals surface area (Å²) in [6.07, 6.45) is 2.30. The first-order valence-corrected chi connectivity index (χ1v) is 8.26. The zero-order valence-electron chi connectivity index (χ0n) is 14.2. The Balaban J connectivity index is 0.00000196. The number of aromatic amines is 1. The number of aromatic carboxylic acids is 1. The monoisotopic (exact) mass is 373 g/mol. The molecule has 0 unspecified atom stereocenters. The van der Waals surface area contributed by atoms with E-state index in [1.165, 1.54) is 0 Å². The van der Waals surface area contributed by atoms with Crippen LogP contribution in [0, 0.1) is 6.92 Å². The van der Waals surface area contributed by atoms with Crippen LogP contribution in [0.3, 0.4) is 0 Å². The summed E-state index contributed by atoms with van der Waals surface area (Å²) in [6, 6.07) is 7.79. The fraction of sp³-hybridized carbons (Fsp3) is 0.278. The molecule has 0 atom stereocenters. The van der Waals surface area contributed by atoms with Crippen LogP contribution in [-0.4, -0.2) is 32.1 Å². The number of hydrogen-bond donors (Lipinski definition) is 4. The third-order valence-electron chi connectivity index (χ3n) is 4.41. The highest BCUT2D eigenvalue weighted by Crippen LogP contribution is 2.31. The second-order valence-electron chi connectivity index (χ2n) is 6.33. The second-order valence-corrected chi connectivity index (χ2v) is 6.33. The fourth-order valence-electron chi connectivity index (χ4n) is 2.93. The van der Waals surface area contributed by atoms with Gasteiger partial charge in [0.2, 0.25) is 0 Å². The van der Waals surface area contributed by atoms with E-state index >= 15 is 0 Å². The molecule has 1 saturated carbocycles. The zero-order valence-corrected chi connectivity index (χ0v) is 15.1. The van der Waals surface area contributed by atoms with Crippen LogP contribution < -0.4 is 11.1 Å². The molecule has 2 aromatic heterocycles. The number of halogens is 1. The summed E-state index contributed by atoms with van der Waals surface area (Å²) in [5, 5.41) is 12.7. The number of benzene rings is 1. The van der Waals surface area contributed by atoms with Crippen molar-refractivity contribution in [3.8, 4) is 11.3 Å². The molecule has 0 aliphatic heterocycles. The predicted octanol–water partition coefficient (Wildman–Crippen LogP) is 3.09. The molecule has 136 valence electrons. The van der Waals surface area contributed by atoms with Crippen molar-refractivity contribution < 1.29 is 9.90 Å². The van der Waals surface area contributed by atoms with Crippen LogP contribution in [-0.2, 0) is 6.54 Å². The Labute approximate surface area is 156 Å². The van der Waals surface area contributed by atoms with E-state index in [0.29, 0.717) is 17.4 Å². The van der Waals surface area contributed by atoms with Gasteiger partial charge >= 0.3 is 5.97 Å². The molecule has 0 saturated heterocycles. The van der Waals surface area contributed by atoms with Crippen molar-refractivity contribution in [2.75, 3.05) is 5.32 Å². The first-order valence-electron chi connectivity index (χ1n) is 8.26. The number of H-pyrrole nitrogens is 1. The summed E-state index contributed by atoms with van der Waals surface area (Å²) in [4.78, 5) is 23.9. The van der Waals surface area contributed by atoms with Gasteiger partial charge in [0, 0.05) is 29.5 Å². The molecule has 0 spiro atoms. The van der Waals surface area contributed by atoms with Crippen LogP contribution in [0.5, 0.6) is 0 Å². The number of carboxylic acid groups (broad SMARTS) is 1. The molecule has 3 aromatic rings. The lowest BCUT2D eigenvalue weighted by atomic mass is 10.1. The molecule has 1 aliphatic carbocycles. The Morgan fingerprint density at radius 2 is 2.15 bits per heavy atom. The zero-order chi connectivity index (χ0) is 17.6. The number of nitrogens with two attached hydrogens (primary N) is 1. The van der Waals surface area contributed by atoms with E-state index in [0.717, 1.165) is 41.0 Å². The van der Waals surface area contributed by atoms with Crippen LogP contribution in [0.4, 0.5) is 5.82 Å². The molecule has 1 aromatic carbocycles. The average Bonchev–Trinajstić information content (AvgIpc) is 3.30. The minimum absolute atomic E-state index is 0. The Hall–Kier alpha value is -2.64. The van der Waals surface area contributed by atoms with Crippen molar-refractivity contribution in [3.63, 3.8) is 0 Å². The van der Waals surface area contributed by atoms with Gasteiger partial charge in [0.1, 0.15) is 11.3 Å². The quantitative estimate of drug-likeness (QED) is 0.546. The van der Waals surface area contributed by atoms with Gasteiger partial charge in [-0.05, 0) is 31.9 Å². The number of aryl methyl sites for hydroxylation is 1. The Morgan fingerprint density at radius 1 is 1.38 bits per heavy atom. The first-order chi connectivity index (χ1) is 12.1. The molecule has 1 fully saturated rings. The molecule has 26 heavy (non-hydrogen) atoms. The maximum Gasteiger partial charge on any atom is 0.337 e. The molecular formula is C18H20ClN5O2. The maximum absolute atomic E-state index is 11.4. The summed E-state index contributed by atoms with van der Waals surface area (Å²) < 4.78 is 0. The van der Waals surface area contributed by atoms with Crippen LogP contribution >= 0.6 is 12.4 Å². The summed E-state index contributed by atoms with van der Waals surface area (Å²) in [7, 11) is 0. The lowest BCUT2D eigenvalue weighted by Crippen LogP contribution is -2.06. The van der Waals surface area contributed by atoms with Crippen molar-refractivity contribution in [3.05, 3.63) is 41.2 Å². The molecule has 7 nitrogen and oxygen atoms in total. The number of rotatable bonds is 5. The first kappa shape index (κ1) is 18.2. The van der Waals surface area contributed by atoms with Crippen LogP contribution in [0.2, 0.25) is 0 Å². The topological polar surface area (TPSA) is 117 Å². The number of anilines is 1. The minimum atomic E-state index is -0.999. The van der Waals surface area contributed by atoms with Gasteiger partial charge < -0.3 is 21.1 Å². The standard InChI is InChI=1S/C18H19N5O2.ClH/c1-9-17(21-10-5-6-10)23-16-11(3-2-4-13(16)20-9)14-7-12(18(24)25)15(8-19)22-14;/h2-4,7,10,22H,5-6,8,19H2,1H3,(H,21,23)(H,24,25);1H. The molecule has 0 radical (unpaired) electrons. The van der Waals surface area contributed by atoms with Crippen LogP contribution in [0.1, 0.15) is 34.6 Å². The summed E-state index contributed by atoms with van der Waals surface area (Å²) >= 11 is 0. The third-order valence-corrected chi connectivity index (χ3v) is 4.41. The van der Waals surface area contributed by atoms with Gasteiger partial charge in [-0.15, -0.1) is 12.4 Å². The number of nitrogens with one attached hydrogen (secondary N) is 2. The van der Waals surface area contributed by atoms with Gasteiger partial charge in [0.05, 0.1) is 16.8 Å². The Morgan fingerprint density at radius 3 is 2.77 bits per heavy atom. The predicted molar refractivity (Wildman–Crippen MR) is 103 cm³/mol. The average molecular weight is 374 g/mol. The fourth-order valence-corrected chi connectivity index (χ4v) is 2.93. The highest BCUT2D eigenvalue weighted by molar-refractivity contribution is 5.95. The smallest absolute Gasteiger partial charge is 0.337 e. The number of carboxylic acids is 1. The lowest BCUT2D eigenvalue weighted by Gasteiger charge is -2.10. The number of fused-ring (bicyclic) bond motifs is 1. The van der Waals surface area contributed by atoms with Crippen LogP contribution in [0.25, 0.3) is 22.3 Å². The molecule has 8 heteroatoms. The third kappa shape index (κ3) is 3.23. The van der Waals surface area contributed by atoms with E-state index in [-0.39, 0.29) is 24.5 Å². The van der Waals surface area contributed by atoms with Crippen molar-refractivity contribution in [2.45, 2.75) is 32.4 Å². The summed E-state index contributed by atoms with van der Waals surface area (Å²) in [5.41, 5.74) is 10.2. The van der Waals surface area contributed by atoms with Gasteiger partial charge in [-0.3, -0.25) is 0 Å². The molecular weight excluding hydrogens is 354 g/mol. The number of para-hydroxylation sites is 1. The SMILES string of the molecule is Cc1nc2cccc(-c3cc(C(=O)O)c(CN)[nH]3)c2nc1NC1CC1.Cl. The Kier molecular flexibility index (Phi) is 4.84. The maximum atomic E-state index is 11.4. The van der Waals surface area contributed by atoms with E-state index < -0.39 is 5.97 Å². The van der Waals surface area contributed by atoms with Gasteiger partial charge in [-0.25, -0.2) is 14.8 Å².